The first kappa shape index (κ1) is 20.6. The van der Waals surface area contributed by atoms with Gasteiger partial charge < -0.3 is 19.9 Å². The van der Waals surface area contributed by atoms with Crippen LogP contribution in [0.2, 0.25) is 5.02 Å². The van der Waals surface area contributed by atoms with Gasteiger partial charge in [0.25, 0.3) is 5.91 Å². The molecule has 0 radical (unpaired) electrons. The molecular formula is C22H23ClN4O2. The maximum atomic E-state index is 12.4. The van der Waals surface area contributed by atoms with Crippen molar-refractivity contribution in [3.63, 3.8) is 0 Å². The molecule has 7 heteroatoms. The van der Waals surface area contributed by atoms with Crippen molar-refractivity contribution >= 4 is 23.2 Å². The number of nitrogens with zero attached hydrogens (tertiary/aromatic N) is 3. The highest BCUT2D eigenvalue weighted by molar-refractivity contribution is 6.31. The summed E-state index contributed by atoms with van der Waals surface area (Å²) >= 11 is 6.11. The molecule has 0 saturated carbocycles. The Morgan fingerprint density at radius 2 is 1.86 bits per heavy atom. The summed E-state index contributed by atoms with van der Waals surface area (Å²) in [5, 5.41) is 12.8. The molecule has 0 aliphatic carbocycles. The molecule has 1 aliphatic heterocycles. The number of piperazine rings is 1. The van der Waals surface area contributed by atoms with Crippen LogP contribution in [0.15, 0.2) is 60.3 Å². The van der Waals surface area contributed by atoms with Crippen molar-refractivity contribution in [2.75, 3.05) is 38.2 Å². The van der Waals surface area contributed by atoms with E-state index in [-0.39, 0.29) is 12.1 Å². The van der Waals surface area contributed by atoms with Crippen LogP contribution < -0.4 is 15.0 Å². The minimum Gasteiger partial charge on any atom is -0.495 e. The molecule has 0 unspecified atom stereocenters. The van der Waals surface area contributed by atoms with Crippen LogP contribution in [0.4, 0.5) is 5.69 Å². The number of methoxy groups -OCH3 is 1. The highest BCUT2D eigenvalue weighted by atomic mass is 35.5. The van der Waals surface area contributed by atoms with E-state index in [2.05, 4.69) is 10.2 Å². The average Bonchev–Trinajstić information content (AvgIpc) is 2.77. The van der Waals surface area contributed by atoms with Crippen LogP contribution in [0, 0.1) is 11.3 Å². The molecule has 2 aromatic carbocycles. The lowest BCUT2D eigenvalue weighted by molar-refractivity contribution is -0.117. The Labute approximate surface area is 175 Å². The molecule has 1 N–H and O–H groups in total. The number of nitriles is 1. The third-order valence-corrected chi connectivity index (χ3v) is 5.18. The fourth-order valence-electron chi connectivity index (χ4n) is 3.22. The summed E-state index contributed by atoms with van der Waals surface area (Å²) in [7, 11) is 1.66. The molecule has 6 nitrogen and oxygen atoms in total. The van der Waals surface area contributed by atoms with Gasteiger partial charge in [0.1, 0.15) is 17.4 Å². The number of anilines is 1. The van der Waals surface area contributed by atoms with E-state index in [1.807, 2.05) is 53.4 Å². The number of rotatable bonds is 6. The van der Waals surface area contributed by atoms with Gasteiger partial charge in [-0.25, -0.2) is 0 Å². The smallest absolute Gasteiger partial charge is 0.263 e. The molecule has 0 bridgehead atoms. The van der Waals surface area contributed by atoms with Crippen LogP contribution >= 0.6 is 11.6 Å². The van der Waals surface area contributed by atoms with Gasteiger partial charge in [-0.15, -0.1) is 0 Å². The molecule has 150 valence electrons. The fraction of sp³-hybridized carbons (Fsp3) is 0.273. The molecular weight excluding hydrogens is 388 g/mol. The first-order valence-corrected chi connectivity index (χ1v) is 9.75. The third kappa shape index (κ3) is 5.21. The first-order valence-electron chi connectivity index (χ1n) is 9.38. The van der Waals surface area contributed by atoms with Crippen molar-refractivity contribution in [1.82, 2.24) is 10.2 Å². The lowest BCUT2D eigenvalue weighted by Crippen LogP contribution is -2.44. The first-order chi connectivity index (χ1) is 14.1. The van der Waals surface area contributed by atoms with Gasteiger partial charge in [0.2, 0.25) is 0 Å². The number of carbonyl (C=O) groups excluding carboxylic acids is 1. The predicted molar refractivity (Wildman–Crippen MR) is 114 cm³/mol. The van der Waals surface area contributed by atoms with E-state index in [0.29, 0.717) is 18.1 Å². The number of ether oxygens (including phenoxy) is 1. The minimum atomic E-state index is -0.403. The van der Waals surface area contributed by atoms with E-state index in [1.165, 1.54) is 0 Å². The van der Waals surface area contributed by atoms with E-state index >= 15 is 0 Å². The van der Waals surface area contributed by atoms with Gasteiger partial charge in [-0.3, -0.25) is 4.79 Å². The van der Waals surface area contributed by atoms with E-state index in [4.69, 9.17) is 16.3 Å². The average molecular weight is 411 g/mol. The highest BCUT2D eigenvalue weighted by Crippen LogP contribution is 2.28. The molecule has 1 aliphatic rings. The molecule has 0 spiro atoms. The lowest BCUT2D eigenvalue weighted by atomic mass is 10.2. The summed E-state index contributed by atoms with van der Waals surface area (Å²) in [5.41, 5.74) is 1.95. The standard InChI is InChI=1S/C22H23ClN4O2/c1-29-21-9-5-4-8-20(21)27-12-10-26(11-13-27)16-18(14-24)22(28)25-15-17-6-2-3-7-19(17)23/h2-9,16H,10-13,15H2,1H3,(H,25,28)/b18-16-. The lowest BCUT2D eigenvalue weighted by Gasteiger charge is -2.36. The molecule has 0 atom stereocenters. The van der Waals surface area contributed by atoms with Crippen molar-refractivity contribution in [3.05, 3.63) is 70.9 Å². The topological polar surface area (TPSA) is 68.6 Å². The predicted octanol–water partition coefficient (Wildman–Crippen LogP) is 3.19. The summed E-state index contributed by atoms with van der Waals surface area (Å²) in [6, 6.07) is 17.2. The number of hydrogen-bond acceptors (Lipinski definition) is 5. The number of benzene rings is 2. The Kier molecular flexibility index (Phi) is 6.99. The summed E-state index contributed by atoms with van der Waals surface area (Å²) in [5.74, 6) is 0.438. The normalized spacial score (nSPS) is 14.3. The zero-order valence-electron chi connectivity index (χ0n) is 16.3. The largest absolute Gasteiger partial charge is 0.495 e. The molecule has 1 heterocycles. The molecule has 3 rings (SSSR count). The number of para-hydroxylation sites is 2. The van der Waals surface area contributed by atoms with Crippen molar-refractivity contribution in [1.29, 1.82) is 5.26 Å². The van der Waals surface area contributed by atoms with Crippen LogP contribution in [0.5, 0.6) is 5.75 Å². The zero-order chi connectivity index (χ0) is 20.6. The maximum absolute atomic E-state index is 12.4. The van der Waals surface area contributed by atoms with Crippen molar-refractivity contribution in [2.45, 2.75) is 6.54 Å². The van der Waals surface area contributed by atoms with Crippen LogP contribution in [0.3, 0.4) is 0 Å². The SMILES string of the molecule is COc1ccccc1N1CCN(/C=C(/C#N)C(=O)NCc2ccccc2Cl)CC1. The molecule has 1 saturated heterocycles. The second-order valence-corrected chi connectivity index (χ2v) is 7.03. The van der Waals surface area contributed by atoms with E-state index in [9.17, 15) is 10.1 Å². The molecule has 2 aromatic rings. The van der Waals surface area contributed by atoms with Gasteiger partial charge in [0.15, 0.2) is 0 Å². The highest BCUT2D eigenvalue weighted by Gasteiger charge is 2.19. The van der Waals surface area contributed by atoms with Gasteiger partial charge in [-0.1, -0.05) is 41.9 Å². The second kappa shape index (κ2) is 9.85. The van der Waals surface area contributed by atoms with Crippen molar-refractivity contribution in [3.8, 4) is 11.8 Å². The Morgan fingerprint density at radius 3 is 2.55 bits per heavy atom. The van der Waals surface area contributed by atoms with Gasteiger partial charge in [0, 0.05) is 43.9 Å². The molecule has 1 amide bonds. The molecule has 1 fully saturated rings. The maximum Gasteiger partial charge on any atom is 0.263 e. The quantitative estimate of drug-likeness (QED) is 0.585. The number of nitrogens with one attached hydrogen (secondary N) is 1. The van der Waals surface area contributed by atoms with E-state index in [0.717, 1.165) is 30.1 Å². The molecule has 29 heavy (non-hydrogen) atoms. The number of amides is 1. The fourth-order valence-corrected chi connectivity index (χ4v) is 3.42. The second-order valence-electron chi connectivity index (χ2n) is 6.62. The Hall–Kier alpha value is -3.17. The molecule has 0 aromatic heterocycles. The van der Waals surface area contributed by atoms with Gasteiger partial charge in [-0.2, -0.15) is 5.26 Å². The van der Waals surface area contributed by atoms with Gasteiger partial charge in [-0.05, 0) is 23.8 Å². The third-order valence-electron chi connectivity index (χ3n) is 4.81. The van der Waals surface area contributed by atoms with Gasteiger partial charge in [0.05, 0.1) is 12.8 Å². The monoisotopic (exact) mass is 410 g/mol. The minimum absolute atomic E-state index is 0.0859. The Balaban J connectivity index is 1.58. The zero-order valence-corrected chi connectivity index (χ0v) is 17.0. The van der Waals surface area contributed by atoms with Crippen molar-refractivity contribution in [2.24, 2.45) is 0 Å². The number of carbonyl (C=O) groups is 1. The number of halogens is 1. The van der Waals surface area contributed by atoms with E-state index in [1.54, 1.807) is 19.4 Å². The van der Waals surface area contributed by atoms with Crippen molar-refractivity contribution < 1.29 is 9.53 Å². The van der Waals surface area contributed by atoms with Crippen LogP contribution in [0.1, 0.15) is 5.56 Å². The summed E-state index contributed by atoms with van der Waals surface area (Å²) in [4.78, 5) is 16.6. The van der Waals surface area contributed by atoms with Crippen LogP contribution in [0.25, 0.3) is 0 Å². The summed E-state index contributed by atoms with van der Waals surface area (Å²) in [6.45, 7) is 3.24. The van der Waals surface area contributed by atoms with Crippen LogP contribution in [-0.4, -0.2) is 44.1 Å². The Bertz CT molecular complexity index is 930. The number of hydrogen-bond donors (Lipinski definition) is 1. The van der Waals surface area contributed by atoms with Gasteiger partial charge >= 0.3 is 0 Å². The van der Waals surface area contributed by atoms with Crippen LogP contribution in [-0.2, 0) is 11.3 Å². The van der Waals surface area contributed by atoms with E-state index < -0.39 is 5.91 Å². The Morgan fingerprint density at radius 1 is 1.17 bits per heavy atom. The summed E-state index contributed by atoms with van der Waals surface area (Å²) < 4.78 is 5.44. The summed E-state index contributed by atoms with van der Waals surface area (Å²) in [6.07, 6.45) is 1.64.